The van der Waals surface area contributed by atoms with Crippen LogP contribution >= 0.6 is 0 Å². The number of aliphatic hydroxyl groups excluding tert-OH is 1. The molecule has 0 atom stereocenters. The van der Waals surface area contributed by atoms with Gasteiger partial charge in [0.15, 0.2) is 0 Å². The van der Waals surface area contributed by atoms with Crippen molar-refractivity contribution in [3.8, 4) is 5.88 Å². The molecule has 0 amide bonds. The zero-order valence-electron chi connectivity index (χ0n) is 10.9. The number of pyridine rings is 1. The molecule has 0 fully saturated rings. The van der Waals surface area contributed by atoms with E-state index in [0.29, 0.717) is 18.4 Å². The van der Waals surface area contributed by atoms with Crippen molar-refractivity contribution in [2.75, 3.05) is 6.61 Å². The van der Waals surface area contributed by atoms with E-state index in [0.717, 1.165) is 23.3 Å². The third kappa shape index (κ3) is 4.57. The third-order valence-electron chi connectivity index (χ3n) is 2.43. The maximum absolute atomic E-state index is 9.18. The molecule has 94 valence electrons. The Labute approximate surface area is 103 Å². The van der Waals surface area contributed by atoms with Crippen LogP contribution in [0.4, 0.5) is 0 Å². The van der Waals surface area contributed by atoms with Crippen LogP contribution in [0.15, 0.2) is 24.3 Å². The fourth-order valence-electron chi connectivity index (χ4n) is 1.37. The zero-order valence-corrected chi connectivity index (χ0v) is 10.9. The highest BCUT2D eigenvalue weighted by Gasteiger charge is 2.06. The number of ether oxygens (including phenoxy) is 1. The molecule has 3 nitrogen and oxygen atoms in total. The van der Waals surface area contributed by atoms with Crippen LogP contribution in [0.1, 0.15) is 44.4 Å². The highest BCUT2D eigenvalue weighted by molar-refractivity contribution is 5.26. The van der Waals surface area contributed by atoms with Crippen LogP contribution in [0, 0.1) is 0 Å². The minimum absolute atomic E-state index is 0.0130. The van der Waals surface area contributed by atoms with Gasteiger partial charge in [-0.05, 0) is 24.5 Å². The number of hydrogen-bond acceptors (Lipinski definition) is 3. The largest absolute Gasteiger partial charge is 0.477 e. The van der Waals surface area contributed by atoms with Crippen molar-refractivity contribution in [2.45, 2.75) is 39.7 Å². The summed E-state index contributed by atoms with van der Waals surface area (Å²) in [6.07, 6.45) is 0.821. The van der Waals surface area contributed by atoms with Crippen molar-refractivity contribution in [2.24, 2.45) is 0 Å². The summed E-state index contributed by atoms with van der Waals surface area (Å²) >= 11 is 0. The Balaban J connectivity index is 2.76. The van der Waals surface area contributed by atoms with E-state index in [9.17, 15) is 5.11 Å². The van der Waals surface area contributed by atoms with E-state index in [4.69, 9.17) is 4.74 Å². The maximum atomic E-state index is 9.18. The molecule has 1 rings (SSSR count). The van der Waals surface area contributed by atoms with Crippen LogP contribution in [0.3, 0.4) is 0 Å². The van der Waals surface area contributed by atoms with Crippen LogP contribution in [0.5, 0.6) is 5.88 Å². The van der Waals surface area contributed by atoms with Gasteiger partial charge in [0.05, 0.1) is 13.2 Å². The average molecular weight is 235 g/mol. The lowest BCUT2D eigenvalue weighted by Gasteiger charge is -2.11. The summed E-state index contributed by atoms with van der Waals surface area (Å²) in [5, 5.41) is 9.18. The van der Waals surface area contributed by atoms with Crippen LogP contribution in [-0.4, -0.2) is 16.7 Å². The molecule has 0 aliphatic rings. The first kappa shape index (κ1) is 13.7. The van der Waals surface area contributed by atoms with Gasteiger partial charge in [0.2, 0.25) is 5.88 Å². The van der Waals surface area contributed by atoms with E-state index >= 15 is 0 Å². The van der Waals surface area contributed by atoms with Crippen LogP contribution < -0.4 is 4.74 Å². The lowest BCUT2D eigenvalue weighted by Crippen LogP contribution is -2.03. The van der Waals surface area contributed by atoms with E-state index in [1.807, 2.05) is 13.0 Å². The molecule has 0 spiro atoms. The Kier molecular flexibility index (Phi) is 5.16. The lowest BCUT2D eigenvalue weighted by atomic mass is 10.1. The van der Waals surface area contributed by atoms with Crippen molar-refractivity contribution in [3.05, 3.63) is 35.5 Å². The minimum atomic E-state index is 0.0130. The molecule has 0 unspecified atom stereocenters. The van der Waals surface area contributed by atoms with Crippen LogP contribution in [0.25, 0.3) is 0 Å². The van der Waals surface area contributed by atoms with Gasteiger partial charge in [-0.1, -0.05) is 19.4 Å². The molecule has 0 bridgehead atoms. The second-order valence-electron chi connectivity index (χ2n) is 4.61. The molecule has 0 aliphatic carbocycles. The van der Waals surface area contributed by atoms with Gasteiger partial charge in [0.25, 0.3) is 0 Å². The smallest absolute Gasteiger partial charge is 0.213 e. The van der Waals surface area contributed by atoms with E-state index in [-0.39, 0.29) is 6.61 Å². The maximum Gasteiger partial charge on any atom is 0.213 e. The van der Waals surface area contributed by atoms with E-state index < -0.39 is 0 Å². The summed E-state index contributed by atoms with van der Waals surface area (Å²) in [6.45, 7) is 10.5. The molecular weight excluding hydrogens is 214 g/mol. The minimum Gasteiger partial charge on any atom is -0.477 e. The Morgan fingerprint density at radius 2 is 2.18 bits per heavy atom. The molecular formula is C14H21NO2. The predicted molar refractivity (Wildman–Crippen MR) is 69.2 cm³/mol. The van der Waals surface area contributed by atoms with E-state index in [1.54, 1.807) is 6.07 Å². The summed E-state index contributed by atoms with van der Waals surface area (Å²) in [6, 6.07) is 3.70. The first-order valence-corrected chi connectivity index (χ1v) is 5.91. The molecule has 0 aromatic carbocycles. The second kappa shape index (κ2) is 6.40. The van der Waals surface area contributed by atoms with Gasteiger partial charge in [0.1, 0.15) is 0 Å². The molecule has 0 aliphatic heterocycles. The topological polar surface area (TPSA) is 42.4 Å². The Hall–Kier alpha value is -1.35. The van der Waals surface area contributed by atoms with Crippen molar-refractivity contribution in [3.63, 3.8) is 0 Å². The lowest BCUT2D eigenvalue weighted by molar-refractivity contribution is 0.277. The Bertz CT molecular complexity index is 386. The zero-order chi connectivity index (χ0) is 12.8. The molecule has 0 radical (unpaired) electrons. The number of aliphatic hydroxyl groups is 1. The van der Waals surface area contributed by atoms with Crippen LogP contribution in [0.2, 0.25) is 0 Å². The second-order valence-corrected chi connectivity index (χ2v) is 4.61. The van der Waals surface area contributed by atoms with Gasteiger partial charge in [-0.25, -0.2) is 4.98 Å². The van der Waals surface area contributed by atoms with Gasteiger partial charge < -0.3 is 9.84 Å². The van der Waals surface area contributed by atoms with Gasteiger partial charge >= 0.3 is 0 Å². The van der Waals surface area contributed by atoms with Gasteiger partial charge in [-0.15, -0.1) is 6.58 Å². The summed E-state index contributed by atoms with van der Waals surface area (Å²) < 4.78 is 5.57. The molecule has 3 heteroatoms. The van der Waals surface area contributed by atoms with Gasteiger partial charge in [-0.2, -0.15) is 0 Å². The molecule has 1 heterocycles. The summed E-state index contributed by atoms with van der Waals surface area (Å²) in [5.74, 6) is 0.909. The fourth-order valence-corrected chi connectivity index (χ4v) is 1.37. The summed E-state index contributed by atoms with van der Waals surface area (Å²) in [4.78, 5) is 4.41. The summed E-state index contributed by atoms with van der Waals surface area (Å²) in [7, 11) is 0. The number of nitrogens with zero attached hydrogens (tertiary/aromatic N) is 1. The predicted octanol–water partition coefficient (Wildman–Crippen LogP) is 3.04. The Morgan fingerprint density at radius 3 is 2.71 bits per heavy atom. The SMILES string of the molecule is C=C(C)CCOc1cc(CO)cc(C(C)C)n1. The van der Waals surface area contributed by atoms with E-state index in [1.165, 1.54) is 0 Å². The molecule has 1 N–H and O–H groups in total. The van der Waals surface area contributed by atoms with Crippen molar-refractivity contribution in [1.82, 2.24) is 4.98 Å². The summed E-state index contributed by atoms with van der Waals surface area (Å²) in [5.41, 5.74) is 2.88. The molecule has 0 saturated heterocycles. The average Bonchev–Trinajstić information content (AvgIpc) is 2.28. The molecule has 1 aromatic heterocycles. The van der Waals surface area contributed by atoms with Gasteiger partial charge in [0, 0.05) is 18.2 Å². The first-order valence-electron chi connectivity index (χ1n) is 5.91. The Morgan fingerprint density at radius 1 is 1.47 bits per heavy atom. The molecule has 17 heavy (non-hydrogen) atoms. The van der Waals surface area contributed by atoms with Crippen molar-refractivity contribution >= 4 is 0 Å². The van der Waals surface area contributed by atoms with Gasteiger partial charge in [-0.3, -0.25) is 0 Å². The standard InChI is InChI=1S/C14H21NO2/c1-10(2)5-6-17-14-8-12(9-16)7-13(15-14)11(3)4/h7-8,11,16H,1,5-6,9H2,2-4H3. The normalized spacial score (nSPS) is 10.6. The van der Waals surface area contributed by atoms with Crippen molar-refractivity contribution < 1.29 is 9.84 Å². The van der Waals surface area contributed by atoms with E-state index in [2.05, 4.69) is 25.4 Å². The monoisotopic (exact) mass is 235 g/mol. The highest BCUT2D eigenvalue weighted by atomic mass is 16.5. The highest BCUT2D eigenvalue weighted by Crippen LogP contribution is 2.19. The molecule has 1 aromatic rings. The quantitative estimate of drug-likeness (QED) is 0.771. The third-order valence-corrected chi connectivity index (χ3v) is 2.43. The molecule has 0 saturated carbocycles. The van der Waals surface area contributed by atoms with Crippen LogP contribution in [-0.2, 0) is 6.61 Å². The fraction of sp³-hybridized carbons (Fsp3) is 0.500. The number of aromatic nitrogens is 1. The first-order chi connectivity index (χ1) is 8.02. The number of rotatable bonds is 6. The van der Waals surface area contributed by atoms with Crippen molar-refractivity contribution in [1.29, 1.82) is 0 Å². The number of hydrogen-bond donors (Lipinski definition) is 1.